The smallest absolute Gasteiger partial charge is 0.0835 e. The first-order valence-corrected chi connectivity index (χ1v) is 10.8. The Labute approximate surface area is 154 Å². The van der Waals surface area contributed by atoms with Crippen LogP contribution in [0.15, 0.2) is 0 Å². The molecule has 0 radical (unpaired) electrons. The van der Waals surface area contributed by atoms with E-state index in [-0.39, 0.29) is 0 Å². The summed E-state index contributed by atoms with van der Waals surface area (Å²) in [6, 6.07) is 2.95. The number of hydrogen-bond acceptors (Lipinski definition) is 0. The van der Waals surface area contributed by atoms with E-state index in [4.69, 9.17) is 0 Å². The van der Waals surface area contributed by atoms with Gasteiger partial charge in [0.1, 0.15) is 0 Å². The Hall–Kier alpha value is -0.0800. The summed E-state index contributed by atoms with van der Waals surface area (Å²) in [5.41, 5.74) is 0. The number of nitrogens with zero attached hydrogens (tertiary/aromatic N) is 2. The van der Waals surface area contributed by atoms with Crippen molar-refractivity contribution in [2.45, 2.75) is 119 Å². The SMILES string of the molecule is CC[N+](CCCCCC[N+](CC)(C(C)C)C(C)C)(C(C)C)C(C)C. The number of hydrogen-bond donors (Lipinski definition) is 0. The molecule has 0 aliphatic rings. The summed E-state index contributed by atoms with van der Waals surface area (Å²) in [6.07, 6.45) is 5.58. The maximum absolute atomic E-state index is 2.40. The molecule has 0 aromatic heterocycles. The molecule has 0 rings (SSSR count). The second-order valence-electron chi connectivity index (χ2n) is 9.07. The molecule has 0 aromatic rings. The highest BCUT2D eigenvalue weighted by Crippen LogP contribution is 2.23. The molecule has 0 aliphatic carbocycles. The molecule has 24 heavy (non-hydrogen) atoms. The van der Waals surface area contributed by atoms with Crippen LogP contribution < -0.4 is 0 Å². The molecule has 0 aromatic carbocycles. The maximum Gasteiger partial charge on any atom is 0.0835 e. The Balaban J connectivity index is 4.40. The van der Waals surface area contributed by atoms with Crippen LogP contribution in [0.1, 0.15) is 94.9 Å². The van der Waals surface area contributed by atoms with Crippen LogP contribution in [0.4, 0.5) is 0 Å². The quantitative estimate of drug-likeness (QED) is 0.291. The van der Waals surface area contributed by atoms with Crippen molar-refractivity contribution in [3.8, 4) is 0 Å². The third-order valence-electron chi connectivity index (χ3n) is 7.19. The predicted molar refractivity (Wildman–Crippen MR) is 110 cm³/mol. The predicted octanol–water partition coefficient (Wildman–Crippen LogP) is 5.85. The van der Waals surface area contributed by atoms with Crippen molar-refractivity contribution in [3.05, 3.63) is 0 Å². The second kappa shape index (κ2) is 10.8. The molecule has 2 heteroatoms. The van der Waals surface area contributed by atoms with E-state index in [2.05, 4.69) is 69.2 Å². The van der Waals surface area contributed by atoms with Gasteiger partial charge >= 0.3 is 0 Å². The molecule has 0 saturated carbocycles. The lowest BCUT2D eigenvalue weighted by atomic mass is 10.1. The Bertz CT molecular complexity index is 270. The molecule has 0 heterocycles. The van der Waals surface area contributed by atoms with E-state index in [1.54, 1.807) is 0 Å². The highest BCUT2D eigenvalue weighted by molar-refractivity contribution is 4.57. The van der Waals surface area contributed by atoms with Crippen LogP contribution in [0.3, 0.4) is 0 Å². The van der Waals surface area contributed by atoms with Gasteiger partial charge in [-0.1, -0.05) is 0 Å². The highest BCUT2D eigenvalue weighted by Gasteiger charge is 2.33. The normalized spacial score (nSPS) is 13.8. The molecule has 0 saturated heterocycles. The van der Waals surface area contributed by atoms with Crippen LogP contribution in [-0.2, 0) is 0 Å². The Kier molecular flexibility index (Phi) is 10.8. The topological polar surface area (TPSA) is 0 Å². The zero-order valence-corrected chi connectivity index (χ0v) is 18.9. The van der Waals surface area contributed by atoms with E-state index < -0.39 is 0 Å². The van der Waals surface area contributed by atoms with Gasteiger partial charge in [0, 0.05) is 0 Å². The minimum atomic E-state index is 0.737. The van der Waals surface area contributed by atoms with Crippen molar-refractivity contribution in [1.29, 1.82) is 0 Å². The molecular weight excluding hydrogens is 292 g/mol. The summed E-state index contributed by atoms with van der Waals surface area (Å²) in [7, 11) is 0. The van der Waals surface area contributed by atoms with Crippen LogP contribution in [0.25, 0.3) is 0 Å². The van der Waals surface area contributed by atoms with Crippen molar-refractivity contribution < 1.29 is 8.97 Å². The van der Waals surface area contributed by atoms with Crippen molar-refractivity contribution in [3.63, 3.8) is 0 Å². The van der Waals surface area contributed by atoms with Crippen LogP contribution in [-0.4, -0.2) is 59.3 Å². The molecule has 0 N–H and O–H groups in total. The van der Waals surface area contributed by atoms with Crippen molar-refractivity contribution >= 4 is 0 Å². The monoisotopic (exact) mass is 342 g/mol. The van der Waals surface area contributed by atoms with Gasteiger partial charge in [-0.15, -0.1) is 0 Å². The van der Waals surface area contributed by atoms with Gasteiger partial charge in [-0.05, 0) is 94.9 Å². The molecular formula is C22H50N2+2. The van der Waals surface area contributed by atoms with Crippen LogP contribution in [0.5, 0.6) is 0 Å². The lowest BCUT2D eigenvalue weighted by molar-refractivity contribution is -0.966. The van der Waals surface area contributed by atoms with Crippen LogP contribution in [0.2, 0.25) is 0 Å². The number of unbranched alkanes of at least 4 members (excludes halogenated alkanes) is 3. The zero-order chi connectivity index (χ0) is 19.0. The lowest BCUT2D eigenvalue weighted by Crippen LogP contribution is -2.58. The molecule has 0 unspecified atom stereocenters. The number of rotatable bonds is 13. The first kappa shape index (κ1) is 23.9. The minimum Gasteiger partial charge on any atom is -0.320 e. The summed E-state index contributed by atoms with van der Waals surface area (Å²) in [4.78, 5) is 0. The first-order chi connectivity index (χ1) is 11.1. The van der Waals surface area contributed by atoms with Gasteiger partial charge in [0.05, 0.1) is 50.3 Å². The molecule has 0 bridgehead atoms. The molecule has 0 spiro atoms. The summed E-state index contributed by atoms with van der Waals surface area (Å²) in [5, 5.41) is 0. The average Bonchev–Trinajstić information content (AvgIpc) is 2.49. The molecule has 0 aliphatic heterocycles. The lowest BCUT2D eigenvalue weighted by Gasteiger charge is -2.46. The average molecular weight is 343 g/mol. The standard InChI is InChI=1S/C22H50N2/c1-11-23(19(3)4,20(5)6)17-15-13-14-16-18-24(12-2,21(7)8)22(9)10/h19-22H,11-18H2,1-10H3/q+2. The minimum absolute atomic E-state index is 0.737. The van der Waals surface area contributed by atoms with Gasteiger partial charge in [0.2, 0.25) is 0 Å². The van der Waals surface area contributed by atoms with E-state index in [1.165, 1.54) is 60.8 Å². The zero-order valence-electron chi connectivity index (χ0n) is 18.9. The third kappa shape index (κ3) is 5.73. The largest absolute Gasteiger partial charge is 0.320 e. The Morgan fingerprint density at radius 2 is 0.708 bits per heavy atom. The summed E-state index contributed by atoms with van der Waals surface area (Å²) >= 11 is 0. The fraction of sp³-hybridized carbons (Fsp3) is 1.00. The van der Waals surface area contributed by atoms with Crippen molar-refractivity contribution in [1.82, 2.24) is 0 Å². The fourth-order valence-electron chi connectivity index (χ4n) is 5.17. The first-order valence-electron chi connectivity index (χ1n) is 10.8. The van der Waals surface area contributed by atoms with E-state index in [9.17, 15) is 0 Å². The van der Waals surface area contributed by atoms with Gasteiger partial charge in [-0.25, -0.2) is 0 Å². The molecule has 2 nitrogen and oxygen atoms in total. The van der Waals surface area contributed by atoms with Gasteiger partial charge in [0.25, 0.3) is 0 Å². The van der Waals surface area contributed by atoms with Crippen LogP contribution in [0, 0.1) is 0 Å². The number of quaternary nitrogens is 2. The van der Waals surface area contributed by atoms with E-state index in [1.807, 2.05) is 0 Å². The van der Waals surface area contributed by atoms with Gasteiger partial charge < -0.3 is 8.97 Å². The Morgan fingerprint density at radius 1 is 0.458 bits per heavy atom. The molecule has 0 amide bonds. The van der Waals surface area contributed by atoms with Gasteiger partial charge in [0.15, 0.2) is 0 Å². The van der Waals surface area contributed by atoms with E-state index in [0.29, 0.717) is 0 Å². The summed E-state index contributed by atoms with van der Waals surface area (Å²) in [5.74, 6) is 0. The van der Waals surface area contributed by atoms with Crippen molar-refractivity contribution in [2.24, 2.45) is 0 Å². The van der Waals surface area contributed by atoms with E-state index >= 15 is 0 Å². The molecule has 0 atom stereocenters. The third-order valence-corrected chi connectivity index (χ3v) is 7.19. The maximum atomic E-state index is 2.40. The van der Waals surface area contributed by atoms with Crippen molar-refractivity contribution in [2.75, 3.05) is 26.2 Å². The van der Waals surface area contributed by atoms with Gasteiger partial charge in [-0.2, -0.15) is 0 Å². The van der Waals surface area contributed by atoms with E-state index in [0.717, 1.165) is 24.2 Å². The Morgan fingerprint density at radius 3 is 0.875 bits per heavy atom. The summed E-state index contributed by atoms with van der Waals surface area (Å²) in [6.45, 7) is 29.2. The van der Waals surface area contributed by atoms with Gasteiger partial charge in [-0.3, -0.25) is 0 Å². The molecule has 146 valence electrons. The summed E-state index contributed by atoms with van der Waals surface area (Å²) < 4.78 is 2.57. The second-order valence-corrected chi connectivity index (χ2v) is 9.07. The fourth-order valence-corrected chi connectivity index (χ4v) is 5.17. The highest BCUT2D eigenvalue weighted by atomic mass is 15.4. The van der Waals surface area contributed by atoms with Crippen LogP contribution >= 0.6 is 0 Å². The molecule has 0 fully saturated rings.